The Hall–Kier alpha value is -4.24. The second kappa shape index (κ2) is 10.6. The van der Waals surface area contributed by atoms with Gasteiger partial charge < -0.3 is 4.57 Å². The number of allylic oxidation sites excluding steroid dienone is 1. The summed E-state index contributed by atoms with van der Waals surface area (Å²) in [4.78, 5) is 5.07. The van der Waals surface area contributed by atoms with Crippen LogP contribution < -0.4 is 0 Å². The summed E-state index contributed by atoms with van der Waals surface area (Å²) >= 11 is 0. The van der Waals surface area contributed by atoms with E-state index in [2.05, 4.69) is 89.5 Å². The topological polar surface area (TPSA) is 17.8 Å². The third-order valence-electron chi connectivity index (χ3n) is 8.64. The fourth-order valence-corrected chi connectivity index (χ4v) is 6.61. The molecule has 2 aliphatic rings. The first-order chi connectivity index (χ1) is 20.1. The maximum atomic E-state index is 15.3. The van der Waals surface area contributed by atoms with Crippen molar-refractivity contribution < 1.29 is 4.39 Å². The van der Waals surface area contributed by atoms with Crippen molar-refractivity contribution in [1.82, 2.24) is 9.55 Å². The molecule has 2 aromatic heterocycles. The highest BCUT2D eigenvalue weighted by Gasteiger charge is 2.32. The number of pyridine rings is 1. The van der Waals surface area contributed by atoms with Crippen molar-refractivity contribution in [3.63, 3.8) is 0 Å². The number of alkyl halides is 1. The molecule has 2 heterocycles. The zero-order valence-electron chi connectivity index (χ0n) is 23.6. The van der Waals surface area contributed by atoms with E-state index in [9.17, 15) is 0 Å². The molecule has 3 aromatic carbocycles. The van der Waals surface area contributed by atoms with Gasteiger partial charge in [-0.1, -0.05) is 85.6 Å². The number of fused-ring (bicyclic) bond motifs is 3. The Bertz CT molecular complexity index is 1670. The minimum absolute atomic E-state index is 0.457. The summed E-state index contributed by atoms with van der Waals surface area (Å²) in [7, 11) is 0. The molecule has 41 heavy (non-hydrogen) atoms. The predicted octanol–water partition coefficient (Wildman–Crippen LogP) is 9.83. The third kappa shape index (κ3) is 5.06. The van der Waals surface area contributed by atoms with Gasteiger partial charge in [-0.15, -0.1) is 0 Å². The van der Waals surface area contributed by atoms with Crippen molar-refractivity contribution in [3.05, 3.63) is 126 Å². The van der Waals surface area contributed by atoms with Crippen molar-refractivity contribution in [2.24, 2.45) is 0 Å². The Morgan fingerprint density at radius 3 is 1.98 bits per heavy atom. The van der Waals surface area contributed by atoms with Gasteiger partial charge in [0, 0.05) is 34.6 Å². The van der Waals surface area contributed by atoms with E-state index in [0.717, 1.165) is 57.9 Å². The van der Waals surface area contributed by atoms with Gasteiger partial charge in [0.2, 0.25) is 0 Å². The molecule has 0 saturated heterocycles. The SMILES string of the molecule is CC1(F)C=Cc2c(c3c(n2-c2cccc(-c4cc(-c5ccccc5)nc(-c5ccccc5)c4)c2)CCCCCC3)C1. The molecule has 0 saturated carbocycles. The zero-order valence-corrected chi connectivity index (χ0v) is 23.6. The average Bonchev–Trinajstić information content (AvgIpc) is 3.28. The van der Waals surface area contributed by atoms with Crippen LogP contribution in [0.15, 0.2) is 103 Å². The fourth-order valence-electron chi connectivity index (χ4n) is 6.61. The molecule has 0 radical (unpaired) electrons. The van der Waals surface area contributed by atoms with Crippen LogP contribution in [0.5, 0.6) is 0 Å². The first kappa shape index (κ1) is 25.7. The van der Waals surface area contributed by atoms with E-state index in [1.165, 1.54) is 42.5 Å². The van der Waals surface area contributed by atoms with Gasteiger partial charge in [-0.2, -0.15) is 0 Å². The van der Waals surface area contributed by atoms with Gasteiger partial charge in [-0.05, 0) is 91.3 Å². The van der Waals surface area contributed by atoms with Gasteiger partial charge in [0.25, 0.3) is 0 Å². The molecule has 0 spiro atoms. The third-order valence-corrected chi connectivity index (χ3v) is 8.64. The highest BCUT2D eigenvalue weighted by atomic mass is 19.1. The van der Waals surface area contributed by atoms with Crippen LogP contribution in [0, 0.1) is 0 Å². The summed E-state index contributed by atoms with van der Waals surface area (Å²) in [5.41, 5.74) is 11.4. The molecule has 0 fully saturated rings. The number of aromatic nitrogens is 2. The normalized spacial score (nSPS) is 18.3. The molecule has 2 aliphatic carbocycles. The zero-order chi connectivity index (χ0) is 27.8. The summed E-state index contributed by atoms with van der Waals surface area (Å²) in [6.45, 7) is 1.71. The van der Waals surface area contributed by atoms with E-state index in [0.29, 0.717) is 6.42 Å². The maximum Gasteiger partial charge on any atom is 0.130 e. The van der Waals surface area contributed by atoms with Gasteiger partial charge in [0.15, 0.2) is 0 Å². The summed E-state index contributed by atoms with van der Waals surface area (Å²) < 4.78 is 17.7. The molecule has 2 nitrogen and oxygen atoms in total. The van der Waals surface area contributed by atoms with Crippen LogP contribution in [0.1, 0.15) is 55.1 Å². The number of hydrogen-bond donors (Lipinski definition) is 0. The average molecular weight is 539 g/mol. The lowest BCUT2D eigenvalue weighted by molar-refractivity contribution is 0.255. The number of halogens is 1. The van der Waals surface area contributed by atoms with Crippen LogP contribution in [-0.4, -0.2) is 15.2 Å². The first-order valence-corrected chi connectivity index (χ1v) is 14.9. The Labute approximate surface area is 242 Å². The molecule has 3 heteroatoms. The number of benzene rings is 3. The molecule has 1 unspecified atom stereocenters. The Morgan fingerprint density at radius 2 is 1.29 bits per heavy atom. The van der Waals surface area contributed by atoms with Crippen LogP contribution in [0.4, 0.5) is 4.39 Å². The first-order valence-electron chi connectivity index (χ1n) is 14.9. The number of rotatable bonds is 4. The van der Waals surface area contributed by atoms with Crippen LogP contribution in [0.2, 0.25) is 0 Å². The molecular formula is C38H35FN2. The van der Waals surface area contributed by atoms with Crippen LogP contribution in [-0.2, 0) is 19.3 Å². The van der Waals surface area contributed by atoms with Crippen molar-refractivity contribution in [3.8, 4) is 39.3 Å². The molecular weight excluding hydrogens is 503 g/mol. The lowest BCUT2D eigenvalue weighted by Crippen LogP contribution is -2.22. The lowest BCUT2D eigenvalue weighted by atomic mass is 9.87. The smallest absolute Gasteiger partial charge is 0.130 e. The Kier molecular flexibility index (Phi) is 6.66. The van der Waals surface area contributed by atoms with Crippen molar-refractivity contribution >= 4 is 6.08 Å². The fraction of sp³-hybridized carbons (Fsp3) is 0.237. The van der Waals surface area contributed by atoms with Crippen LogP contribution in [0.25, 0.3) is 45.4 Å². The van der Waals surface area contributed by atoms with Gasteiger partial charge in [-0.3, -0.25) is 0 Å². The van der Waals surface area contributed by atoms with Crippen molar-refractivity contribution in [2.75, 3.05) is 0 Å². The van der Waals surface area contributed by atoms with Crippen LogP contribution >= 0.6 is 0 Å². The van der Waals surface area contributed by atoms with E-state index >= 15 is 4.39 Å². The molecule has 0 N–H and O–H groups in total. The quantitative estimate of drug-likeness (QED) is 0.223. The van der Waals surface area contributed by atoms with Crippen LogP contribution in [0.3, 0.4) is 0 Å². The summed E-state index contributed by atoms with van der Waals surface area (Å²) in [6.07, 6.45) is 11.2. The number of hydrogen-bond acceptors (Lipinski definition) is 1. The minimum atomic E-state index is -1.30. The standard InChI is InChI=1S/C38H35FN2/c1-38(39)22-21-37-33(26-38)32-19-10-2-3-11-20-36(32)41(37)31-18-12-17-29(23-31)30-24-34(27-13-6-4-7-14-27)40-35(25-30)28-15-8-5-9-16-28/h4-9,12-18,21-25H,2-3,10-11,19-20,26H2,1H3. The molecule has 5 aromatic rings. The van der Waals surface area contributed by atoms with E-state index in [-0.39, 0.29) is 0 Å². The maximum absolute atomic E-state index is 15.3. The molecule has 0 aliphatic heterocycles. The molecule has 204 valence electrons. The van der Waals surface area contributed by atoms with E-state index in [1.807, 2.05) is 18.2 Å². The predicted molar refractivity (Wildman–Crippen MR) is 168 cm³/mol. The van der Waals surface area contributed by atoms with Crippen molar-refractivity contribution in [1.29, 1.82) is 0 Å². The minimum Gasteiger partial charge on any atom is -0.314 e. The highest BCUT2D eigenvalue weighted by molar-refractivity contribution is 5.78. The van der Waals surface area contributed by atoms with Gasteiger partial charge in [-0.25, -0.2) is 9.37 Å². The molecule has 0 amide bonds. The number of nitrogens with zero attached hydrogens (tertiary/aromatic N) is 2. The van der Waals surface area contributed by atoms with E-state index in [4.69, 9.17) is 4.98 Å². The highest BCUT2D eigenvalue weighted by Crippen LogP contribution is 2.39. The Morgan fingerprint density at radius 1 is 0.659 bits per heavy atom. The van der Waals surface area contributed by atoms with Gasteiger partial charge >= 0.3 is 0 Å². The van der Waals surface area contributed by atoms with E-state index < -0.39 is 5.67 Å². The van der Waals surface area contributed by atoms with Gasteiger partial charge in [0.1, 0.15) is 5.67 Å². The second-order valence-electron chi connectivity index (χ2n) is 11.7. The Balaban J connectivity index is 1.39. The summed E-state index contributed by atoms with van der Waals surface area (Å²) in [5, 5.41) is 0. The second-order valence-corrected chi connectivity index (χ2v) is 11.7. The van der Waals surface area contributed by atoms with Crippen molar-refractivity contribution in [2.45, 2.75) is 57.5 Å². The van der Waals surface area contributed by atoms with Gasteiger partial charge in [0.05, 0.1) is 11.4 Å². The molecule has 7 rings (SSSR count). The lowest BCUT2D eigenvalue weighted by Gasteiger charge is -2.22. The molecule has 1 atom stereocenters. The summed E-state index contributed by atoms with van der Waals surface area (Å²) in [5.74, 6) is 0. The molecule has 0 bridgehead atoms. The largest absolute Gasteiger partial charge is 0.314 e. The van der Waals surface area contributed by atoms with E-state index in [1.54, 1.807) is 13.0 Å². The summed E-state index contributed by atoms with van der Waals surface area (Å²) in [6, 6.07) is 34.0. The monoisotopic (exact) mass is 538 g/mol.